The Morgan fingerprint density at radius 2 is 2.08 bits per heavy atom. The molecule has 122 valence electrons. The van der Waals surface area contributed by atoms with Crippen LogP contribution in [0.15, 0.2) is 59.3 Å². The predicted octanol–water partition coefficient (Wildman–Crippen LogP) is 2.91. The minimum atomic E-state index is -0.475. The summed E-state index contributed by atoms with van der Waals surface area (Å²) >= 11 is 0. The van der Waals surface area contributed by atoms with Crippen molar-refractivity contribution in [2.24, 2.45) is 0 Å². The lowest BCUT2D eigenvalue weighted by Crippen LogP contribution is -2.29. The van der Waals surface area contributed by atoms with Crippen LogP contribution >= 0.6 is 0 Å². The van der Waals surface area contributed by atoms with Gasteiger partial charge in [-0.3, -0.25) is 4.79 Å². The molecule has 3 rings (SSSR count). The molecule has 1 N–H and O–H groups in total. The maximum Gasteiger partial charge on any atom is 0.253 e. The summed E-state index contributed by atoms with van der Waals surface area (Å²) in [6, 6.07) is 12.3. The van der Waals surface area contributed by atoms with Gasteiger partial charge in [0.15, 0.2) is 0 Å². The third kappa shape index (κ3) is 3.27. The minimum absolute atomic E-state index is 0.264. The number of benzene rings is 1. The van der Waals surface area contributed by atoms with Gasteiger partial charge >= 0.3 is 0 Å². The number of rotatable bonds is 5. The van der Waals surface area contributed by atoms with Gasteiger partial charge in [0.25, 0.3) is 5.91 Å². The van der Waals surface area contributed by atoms with Crippen molar-refractivity contribution in [1.82, 2.24) is 15.5 Å². The summed E-state index contributed by atoms with van der Waals surface area (Å²) in [6.07, 6.45) is 3.01. The molecule has 0 saturated heterocycles. The average Bonchev–Trinajstić information content (AvgIpc) is 3.14. The molecular formula is C18H17N3O3. The fourth-order valence-corrected chi connectivity index (χ4v) is 2.47. The van der Waals surface area contributed by atoms with Crippen molar-refractivity contribution in [1.29, 1.82) is 0 Å². The number of nitrogens with zero attached hydrogens (tertiary/aromatic N) is 2. The van der Waals surface area contributed by atoms with E-state index in [0.717, 1.165) is 5.56 Å². The standard InChI is InChI=1S/C18H17N3O3/c1-12-10-13(11-19-21-12)18(22)20-17(16-8-5-9-24-16)14-6-3-4-7-15(14)23-2/h3-11,17H,1-2H3,(H,20,22). The first-order valence-electron chi connectivity index (χ1n) is 7.45. The highest BCUT2D eigenvalue weighted by molar-refractivity contribution is 5.94. The van der Waals surface area contributed by atoms with Crippen molar-refractivity contribution >= 4 is 5.91 Å². The van der Waals surface area contributed by atoms with Gasteiger partial charge in [0.1, 0.15) is 17.6 Å². The Balaban J connectivity index is 1.96. The third-order valence-electron chi connectivity index (χ3n) is 3.59. The van der Waals surface area contributed by atoms with Gasteiger partial charge in [0, 0.05) is 5.56 Å². The molecule has 2 aromatic heterocycles. The molecule has 24 heavy (non-hydrogen) atoms. The number of furan rings is 1. The second-order valence-corrected chi connectivity index (χ2v) is 5.25. The Morgan fingerprint density at radius 1 is 1.25 bits per heavy atom. The van der Waals surface area contributed by atoms with Crippen molar-refractivity contribution in [2.75, 3.05) is 7.11 Å². The highest BCUT2D eigenvalue weighted by Crippen LogP contribution is 2.30. The van der Waals surface area contributed by atoms with Crippen LogP contribution in [0.3, 0.4) is 0 Å². The van der Waals surface area contributed by atoms with Crippen LogP contribution in [0.1, 0.15) is 33.4 Å². The van der Waals surface area contributed by atoms with E-state index in [9.17, 15) is 4.79 Å². The van der Waals surface area contributed by atoms with E-state index in [1.807, 2.05) is 30.3 Å². The fraction of sp³-hybridized carbons (Fsp3) is 0.167. The van der Waals surface area contributed by atoms with E-state index in [2.05, 4.69) is 15.5 Å². The topological polar surface area (TPSA) is 77.2 Å². The van der Waals surface area contributed by atoms with Crippen LogP contribution in [-0.2, 0) is 0 Å². The smallest absolute Gasteiger partial charge is 0.253 e. The van der Waals surface area contributed by atoms with Gasteiger partial charge in [-0.15, -0.1) is 0 Å². The molecule has 0 aliphatic rings. The van der Waals surface area contributed by atoms with Crippen molar-refractivity contribution in [3.8, 4) is 5.75 Å². The number of aromatic nitrogens is 2. The molecule has 0 aliphatic carbocycles. The Kier molecular flexibility index (Phi) is 4.56. The van der Waals surface area contributed by atoms with Crippen LogP contribution in [-0.4, -0.2) is 23.2 Å². The van der Waals surface area contributed by atoms with Crippen LogP contribution in [0.2, 0.25) is 0 Å². The van der Waals surface area contributed by atoms with Gasteiger partial charge in [0.2, 0.25) is 0 Å². The van der Waals surface area contributed by atoms with Crippen molar-refractivity contribution < 1.29 is 13.9 Å². The molecule has 2 heterocycles. The summed E-state index contributed by atoms with van der Waals surface area (Å²) in [6.45, 7) is 1.79. The maximum atomic E-state index is 12.6. The Hall–Kier alpha value is -3.15. The molecule has 1 atom stereocenters. The number of carbonyl (C=O) groups is 1. The molecule has 1 amide bonds. The summed E-state index contributed by atoms with van der Waals surface area (Å²) in [4.78, 5) is 12.6. The second kappa shape index (κ2) is 6.95. The largest absolute Gasteiger partial charge is 0.496 e. The van der Waals surface area contributed by atoms with E-state index in [4.69, 9.17) is 9.15 Å². The molecule has 1 unspecified atom stereocenters. The van der Waals surface area contributed by atoms with Gasteiger partial charge in [0.05, 0.1) is 30.8 Å². The molecule has 6 heteroatoms. The zero-order valence-electron chi connectivity index (χ0n) is 13.4. The van der Waals surface area contributed by atoms with Gasteiger partial charge in [-0.1, -0.05) is 18.2 Å². The summed E-state index contributed by atoms with van der Waals surface area (Å²) in [5.74, 6) is 1.02. The molecular weight excluding hydrogens is 306 g/mol. The van der Waals surface area contributed by atoms with Crippen LogP contribution in [0, 0.1) is 6.92 Å². The van der Waals surface area contributed by atoms with E-state index < -0.39 is 6.04 Å². The van der Waals surface area contributed by atoms with Crippen molar-refractivity contribution in [2.45, 2.75) is 13.0 Å². The van der Waals surface area contributed by atoms with Crippen molar-refractivity contribution in [3.05, 3.63) is 77.5 Å². The zero-order chi connectivity index (χ0) is 16.9. The highest BCUT2D eigenvalue weighted by Gasteiger charge is 2.23. The number of aryl methyl sites for hydroxylation is 1. The molecule has 3 aromatic rings. The van der Waals surface area contributed by atoms with E-state index >= 15 is 0 Å². The molecule has 0 aliphatic heterocycles. The number of amides is 1. The number of para-hydroxylation sites is 1. The monoisotopic (exact) mass is 323 g/mol. The number of methoxy groups -OCH3 is 1. The normalized spacial score (nSPS) is 11.8. The molecule has 1 aromatic carbocycles. The summed E-state index contributed by atoms with van der Waals surface area (Å²) in [7, 11) is 1.59. The van der Waals surface area contributed by atoms with Gasteiger partial charge in [-0.25, -0.2) is 0 Å². The molecule has 6 nitrogen and oxygen atoms in total. The minimum Gasteiger partial charge on any atom is -0.496 e. The number of ether oxygens (including phenoxy) is 1. The predicted molar refractivity (Wildman–Crippen MR) is 87.8 cm³/mol. The van der Waals surface area contributed by atoms with Crippen LogP contribution < -0.4 is 10.1 Å². The first-order chi connectivity index (χ1) is 11.7. The van der Waals surface area contributed by atoms with E-state index in [0.29, 0.717) is 22.8 Å². The van der Waals surface area contributed by atoms with Gasteiger partial charge in [-0.2, -0.15) is 10.2 Å². The van der Waals surface area contributed by atoms with Crippen molar-refractivity contribution in [3.63, 3.8) is 0 Å². The Morgan fingerprint density at radius 3 is 2.79 bits per heavy atom. The first-order valence-corrected chi connectivity index (χ1v) is 7.45. The second-order valence-electron chi connectivity index (χ2n) is 5.25. The van der Waals surface area contributed by atoms with Gasteiger partial charge in [-0.05, 0) is 31.2 Å². The molecule has 0 saturated carbocycles. The number of hydrogen-bond acceptors (Lipinski definition) is 5. The highest BCUT2D eigenvalue weighted by atomic mass is 16.5. The van der Waals surface area contributed by atoms with E-state index in [1.165, 1.54) is 6.20 Å². The molecule has 0 bridgehead atoms. The lowest BCUT2D eigenvalue weighted by molar-refractivity contribution is 0.0938. The Bertz CT molecular complexity index is 831. The van der Waals surface area contributed by atoms with Crippen LogP contribution in [0.25, 0.3) is 0 Å². The quantitative estimate of drug-likeness (QED) is 0.781. The zero-order valence-corrected chi connectivity index (χ0v) is 13.4. The number of hydrogen-bond donors (Lipinski definition) is 1. The lowest BCUT2D eigenvalue weighted by Gasteiger charge is -2.19. The fourth-order valence-electron chi connectivity index (χ4n) is 2.47. The molecule has 0 spiro atoms. The maximum absolute atomic E-state index is 12.6. The third-order valence-corrected chi connectivity index (χ3v) is 3.59. The van der Waals surface area contributed by atoms with E-state index in [-0.39, 0.29) is 5.91 Å². The summed E-state index contributed by atoms with van der Waals surface area (Å²) in [5, 5.41) is 10.7. The van der Waals surface area contributed by atoms with E-state index in [1.54, 1.807) is 32.4 Å². The summed E-state index contributed by atoms with van der Waals surface area (Å²) < 4.78 is 10.9. The van der Waals surface area contributed by atoms with Crippen LogP contribution in [0.5, 0.6) is 5.75 Å². The summed E-state index contributed by atoms with van der Waals surface area (Å²) in [5.41, 5.74) is 1.92. The Labute approximate surface area is 139 Å². The lowest BCUT2D eigenvalue weighted by atomic mass is 10.0. The average molecular weight is 323 g/mol. The SMILES string of the molecule is COc1ccccc1C(NC(=O)c1cnnc(C)c1)c1ccco1. The van der Waals surface area contributed by atoms with Crippen LogP contribution in [0.4, 0.5) is 0 Å². The first kappa shape index (κ1) is 15.7. The molecule has 0 fully saturated rings. The number of nitrogens with one attached hydrogen (secondary N) is 1. The van der Waals surface area contributed by atoms with Gasteiger partial charge < -0.3 is 14.5 Å². The molecule has 0 radical (unpaired) electrons. The number of carbonyl (C=O) groups excluding carboxylic acids is 1.